The van der Waals surface area contributed by atoms with Crippen molar-refractivity contribution in [3.63, 3.8) is 0 Å². The molecule has 0 radical (unpaired) electrons. The van der Waals surface area contributed by atoms with Crippen molar-refractivity contribution in [1.82, 2.24) is 4.90 Å². The SMILES string of the molecule is CS(=O)(=O)C1CCCN(C(=O)c2ccsc2)CC1. The second-order valence-corrected chi connectivity index (χ2v) is 7.79. The number of carbonyl (C=O) groups excluding carboxylic acids is 1. The van der Waals surface area contributed by atoms with Gasteiger partial charge in [-0.1, -0.05) is 0 Å². The van der Waals surface area contributed by atoms with Crippen molar-refractivity contribution in [1.29, 1.82) is 0 Å². The first-order chi connectivity index (χ1) is 8.48. The molecule has 1 aliphatic rings. The van der Waals surface area contributed by atoms with Gasteiger partial charge in [0.15, 0.2) is 0 Å². The summed E-state index contributed by atoms with van der Waals surface area (Å²) < 4.78 is 23.1. The largest absolute Gasteiger partial charge is 0.339 e. The lowest BCUT2D eigenvalue weighted by Crippen LogP contribution is -2.32. The Morgan fingerprint density at radius 2 is 2.17 bits per heavy atom. The van der Waals surface area contributed by atoms with Gasteiger partial charge in [0.25, 0.3) is 5.91 Å². The molecule has 1 aromatic rings. The fraction of sp³-hybridized carbons (Fsp3) is 0.583. The maximum absolute atomic E-state index is 12.2. The highest BCUT2D eigenvalue weighted by Crippen LogP contribution is 2.19. The monoisotopic (exact) mass is 287 g/mol. The van der Waals surface area contributed by atoms with Crippen molar-refractivity contribution in [2.75, 3.05) is 19.3 Å². The van der Waals surface area contributed by atoms with E-state index >= 15 is 0 Å². The number of hydrogen-bond donors (Lipinski definition) is 0. The Labute approximate surface area is 112 Å². The minimum Gasteiger partial charge on any atom is -0.339 e. The van der Waals surface area contributed by atoms with Gasteiger partial charge >= 0.3 is 0 Å². The smallest absolute Gasteiger partial charge is 0.254 e. The van der Waals surface area contributed by atoms with Crippen molar-refractivity contribution in [3.8, 4) is 0 Å². The molecule has 1 aliphatic heterocycles. The number of rotatable bonds is 2. The van der Waals surface area contributed by atoms with E-state index in [1.54, 1.807) is 4.90 Å². The summed E-state index contributed by atoms with van der Waals surface area (Å²) in [7, 11) is -2.99. The predicted molar refractivity (Wildman–Crippen MR) is 72.7 cm³/mol. The van der Waals surface area contributed by atoms with Gasteiger partial charge in [0.2, 0.25) is 0 Å². The van der Waals surface area contributed by atoms with Crippen LogP contribution in [0.2, 0.25) is 0 Å². The number of thiophene rings is 1. The van der Waals surface area contributed by atoms with Gasteiger partial charge in [0.1, 0.15) is 9.84 Å². The van der Waals surface area contributed by atoms with Crippen LogP contribution in [-0.2, 0) is 9.84 Å². The van der Waals surface area contributed by atoms with Crippen LogP contribution in [-0.4, -0.2) is 43.8 Å². The van der Waals surface area contributed by atoms with E-state index in [9.17, 15) is 13.2 Å². The predicted octanol–water partition coefficient (Wildman–Crippen LogP) is 1.79. The Morgan fingerprint density at radius 1 is 1.39 bits per heavy atom. The van der Waals surface area contributed by atoms with E-state index in [1.807, 2.05) is 16.8 Å². The van der Waals surface area contributed by atoms with Crippen LogP contribution in [0.3, 0.4) is 0 Å². The van der Waals surface area contributed by atoms with E-state index in [1.165, 1.54) is 17.6 Å². The summed E-state index contributed by atoms with van der Waals surface area (Å²) in [6.07, 6.45) is 3.25. The zero-order valence-corrected chi connectivity index (χ0v) is 12.0. The van der Waals surface area contributed by atoms with E-state index in [0.29, 0.717) is 31.5 Å². The molecule has 0 aromatic carbocycles. The second kappa shape index (κ2) is 5.40. The topological polar surface area (TPSA) is 54.5 Å². The van der Waals surface area contributed by atoms with Gasteiger partial charge in [-0.3, -0.25) is 4.79 Å². The molecule has 0 saturated carbocycles. The lowest BCUT2D eigenvalue weighted by Gasteiger charge is -2.19. The van der Waals surface area contributed by atoms with Gasteiger partial charge in [-0.25, -0.2) is 8.42 Å². The first-order valence-electron chi connectivity index (χ1n) is 5.99. The number of carbonyl (C=O) groups is 1. The molecule has 0 aliphatic carbocycles. The summed E-state index contributed by atoms with van der Waals surface area (Å²) in [6.45, 7) is 1.19. The van der Waals surface area contributed by atoms with Crippen LogP contribution < -0.4 is 0 Å². The Kier molecular flexibility index (Phi) is 4.07. The van der Waals surface area contributed by atoms with Gasteiger partial charge in [-0.15, -0.1) is 0 Å². The van der Waals surface area contributed by atoms with E-state index < -0.39 is 9.84 Å². The molecule has 0 spiro atoms. The van der Waals surface area contributed by atoms with Crippen LogP contribution in [0.25, 0.3) is 0 Å². The molecule has 4 nitrogen and oxygen atoms in total. The fourth-order valence-electron chi connectivity index (χ4n) is 2.27. The first kappa shape index (κ1) is 13.5. The quantitative estimate of drug-likeness (QED) is 0.833. The summed E-state index contributed by atoms with van der Waals surface area (Å²) in [4.78, 5) is 13.9. The molecule has 6 heteroatoms. The van der Waals surface area contributed by atoms with E-state index in [0.717, 1.165) is 6.42 Å². The number of likely N-dealkylation sites (tertiary alicyclic amines) is 1. The lowest BCUT2D eigenvalue weighted by molar-refractivity contribution is 0.0762. The third-order valence-electron chi connectivity index (χ3n) is 3.34. The molecular formula is C12H17NO3S2. The maximum atomic E-state index is 12.2. The molecular weight excluding hydrogens is 270 g/mol. The Bertz CT molecular complexity index is 507. The third-order valence-corrected chi connectivity index (χ3v) is 5.70. The van der Waals surface area contributed by atoms with Crippen molar-refractivity contribution in [3.05, 3.63) is 22.4 Å². The molecule has 0 N–H and O–H groups in total. The third kappa shape index (κ3) is 3.11. The molecule has 2 heterocycles. The summed E-state index contributed by atoms with van der Waals surface area (Å²) >= 11 is 1.50. The molecule has 0 bridgehead atoms. The highest BCUT2D eigenvalue weighted by atomic mass is 32.2. The van der Waals surface area contributed by atoms with Gasteiger partial charge < -0.3 is 4.90 Å². The average Bonchev–Trinajstić information content (AvgIpc) is 2.70. The molecule has 1 saturated heterocycles. The molecule has 100 valence electrons. The standard InChI is InChI=1S/C12H17NO3S2/c1-18(15,16)11-3-2-6-13(7-4-11)12(14)10-5-8-17-9-10/h5,8-9,11H,2-4,6-7H2,1H3. The molecule has 1 fully saturated rings. The van der Waals surface area contributed by atoms with E-state index in [2.05, 4.69) is 0 Å². The number of sulfone groups is 1. The van der Waals surface area contributed by atoms with Crippen LogP contribution in [0.15, 0.2) is 16.8 Å². The van der Waals surface area contributed by atoms with Crippen molar-refractivity contribution < 1.29 is 13.2 Å². The minimum atomic E-state index is -2.99. The summed E-state index contributed by atoms with van der Waals surface area (Å²) in [6, 6.07) is 1.81. The zero-order chi connectivity index (χ0) is 13.2. The number of amides is 1. The van der Waals surface area contributed by atoms with E-state index in [-0.39, 0.29) is 11.2 Å². The first-order valence-corrected chi connectivity index (χ1v) is 8.88. The van der Waals surface area contributed by atoms with Crippen molar-refractivity contribution >= 4 is 27.1 Å². The van der Waals surface area contributed by atoms with Crippen LogP contribution >= 0.6 is 11.3 Å². The van der Waals surface area contributed by atoms with Crippen LogP contribution in [0.5, 0.6) is 0 Å². The van der Waals surface area contributed by atoms with E-state index in [4.69, 9.17) is 0 Å². The summed E-state index contributed by atoms with van der Waals surface area (Å²) in [5.41, 5.74) is 0.706. The zero-order valence-electron chi connectivity index (χ0n) is 10.3. The normalized spacial score (nSPS) is 21.6. The highest BCUT2D eigenvalue weighted by molar-refractivity contribution is 7.91. The highest BCUT2D eigenvalue weighted by Gasteiger charge is 2.26. The molecule has 18 heavy (non-hydrogen) atoms. The van der Waals surface area contributed by atoms with Crippen LogP contribution in [0, 0.1) is 0 Å². The van der Waals surface area contributed by atoms with Gasteiger partial charge in [0, 0.05) is 24.7 Å². The maximum Gasteiger partial charge on any atom is 0.254 e. The van der Waals surface area contributed by atoms with Crippen molar-refractivity contribution in [2.24, 2.45) is 0 Å². The fourth-order valence-corrected chi connectivity index (χ4v) is 4.02. The Balaban J connectivity index is 2.04. The molecule has 2 rings (SSSR count). The second-order valence-electron chi connectivity index (χ2n) is 4.69. The summed E-state index contributed by atoms with van der Waals surface area (Å²) in [5.74, 6) is 0.0189. The minimum absolute atomic E-state index is 0.0189. The summed E-state index contributed by atoms with van der Waals surface area (Å²) in [5, 5.41) is 3.42. The molecule has 1 unspecified atom stereocenters. The van der Waals surface area contributed by atoms with Crippen molar-refractivity contribution in [2.45, 2.75) is 24.5 Å². The number of hydrogen-bond acceptors (Lipinski definition) is 4. The van der Waals surface area contributed by atoms with Gasteiger partial charge in [0.05, 0.1) is 10.8 Å². The van der Waals surface area contributed by atoms with Crippen LogP contribution in [0.1, 0.15) is 29.6 Å². The van der Waals surface area contributed by atoms with Gasteiger partial charge in [-0.2, -0.15) is 11.3 Å². The molecule has 1 amide bonds. The van der Waals surface area contributed by atoms with Gasteiger partial charge in [-0.05, 0) is 30.7 Å². The Morgan fingerprint density at radius 3 is 2.78 bits per heavy atom. The Hall–Kier alpha value is -0.880. The lowest BCUT2D eigenvalue weighted by atomic mass is 10.2. The average molecular weight is 287 g/mol. The molecule has 1 aromatic heterocycles. The van der Waals surface area contributed by atoms with Crippen LogP contribution in [0.4, 0.5) is 0 Å². The number of nitrogens with zero attached hydrogens (tertiary/aromatic N) is 1. The molecule has 1 atom stereocenters.